The average molecular weight is 251 g/mol. The maximum Gasteiger partial charge on any atom is 0.248 e. The third-order valence-electron chi connectivity index (χ3n) is 2.55. The number of nitrogens with two attached hydrogens (primary N) is 1. The lowest BCUT2D eigenvalue weighted by atomic mass is 10.1. The van der Waals surface area contributed by atoms with Crippen LogP contribution in [0.1, 0.15) is 5.56 Å². The van der Waals surface area contributed by atoms with Crippen LogP contribution >= 0.6 is 0 Å². The van der Waals surface area contributed by atoms with Crippen molar-refractivity contribution in [3.63, 3.8) is 0 Å². The van der Waals surface area contributed by atoms with Crippen LogP contribution in [0.3, 0.4) is 0 Å². The van der Waals surface area contributed by atoms with Crippen LogP contribution in [-0.2, 0) is 4.79 Å². The van der Waals surface area contributed by atoms with Crippen molar-refractivity contribution in [3.8, 4) is 0 Å². The number of hydrogen-bond donors (Lipinski definition) is 1. The van der Waals surface area contributed by atoms with E-state index in [1.54, 1.807) is 24.3 Å². The van der Waals surface area contributed by atoms with Gasteiger partial charge in [0.25, 0.3) is 0 Å². The topological polar surface area (TPSA) is 67.8 Å². The van der Waals surface area contributed by atoms with E-state index in [0.29, 0.717) is 11.3 Å². The largest absolute Gasteiger partial charge is 0.366 e. The number of primary amides is 1. The first-order valence-corrected chi connectivity index (χ1v) is 5.73. The zero-order chi connectivity index (χ0) is 13.7. The molecule has 2 aromatic carbocycles. The lowest BCUT2D eigenvalue weighted by molar-refractivity contribution is -0.112. The molecule has 0 aliphatic rings. The number of hydrogen-bond acceptors (Lipinski definition) is 3. The maximum atomic E-state index is 11.0. The first-order chi connectivity index (χ1) is 9.16. The number of azo groups is 1. The molecule has 0 fully saturated rings. The predicted octanol–water partition coefficient (Wildman–Crippen LogP) is 3.60. The molecule has 0 aliphatic carbocycles. The highest BCUT2D eigenvalue weighted by atomic mass is 16.1. The highest BCUT2D eigenvalue weighted by molar-refractivity contribution is 6.17. The minimum absolute atomic E-state index is 0.284. The first kappa shape index (κ1) is 12.7. The van der Waals surface area contributed by atoms with Gasteiger partial charge in [0.15, 0.2) is 0 Å². The van der Waals surface area contributed by atoms with Crippen molar-refractivity contribution in [2.24, 2.45) is 16.0 Å². The van der Waals surface area contributed by atoms with Crippen LogP contribution < -0.4 is 5.73 Å². The van der Waals surface area contributed by atoms with E-state index in [0.717, 1.165) is 5.69 Å². The molecule has 4 heteroatoms. The quantitative estimate of drug-likeness (QED) is 0.654. The van der Waals surface area contributed by atoms with Crippen molar-refractivity contribution >= 4 is 22.9 Å². The molecule has 2 rings (SSSR count). The van der Waals surface area contributed by atoms with Gasteiger partial charge in [-0.3, -0.25) is 4.79 Å². The monoisotopic (exact) mass is 251 g/mol. The van der Waals surface area contributed by atoms with Crippen LogP contribution in [0.5, 0.6) is 0 Å². The lowest BCUT2D eigenvalue weighted by Crippen LogP contribution is -2.11. The Labute approximate surface area is 111 Å². The molecule has 0 radical (unpaired) electrons. The second-order valence-electron chi connectivity index (χ2n) is 3.93. The Kier molecular flexibility index (Phi) is 3.83. The van der Waals surface area contributed by atoms with Crippen molar-refractivity contribution in [1.29, 1.82) is 0 Å². The Bertz CT molecular complexity index is 616. The summed E-state index contributed by atoms with van der Waals surface area (Å²) in [6.07, 6.45) is 0. The van der Waals surface area contributed by atoms with Gasteiger partial charge in [-0.2, -0.15) is 10.2 Å². The van der Waals surface area contributed by atoms with E-state index in [-0.39, 0.29) is 5.57 Å². The molecule has 2 aromatic rings. The summed E-state index contributed by atoms with van der Waals surface area (Å²) >= 11 is 0. The Morgan fingerprint density at radius 2 is 1.42 bits per heavy atom. The van der Waals surface area contributed by atoms with Gasteiger partial charge >= 0.3 is 0 Å². The number of carbonyl (C=O) groups excluding carboxylic acids is 1. The fraction of sp³-hybridized carbons (Fsp3) is 0. The minimum atomic E-state index is -0.529. The van der Waals surface area contributed by atoms with Crippen LogP contribution in [0.4, 0.5) is 11.4 Å². The van der Waals surface area contributed by atoms with Gasteiger partial charge in [0.2, 0.25) is 5.91 Å². The van der Waals surface area contributed by atoms with Crippen LogP contribution in [0.2, 0.25) is 0 Å². The van der Waals surface area contributed by atoms with E-state index < -0.39 is 5.91 Å². The van der Waals surface area contributed by atoms with Crippen molar-refractivity contribution < 1.29 is 4.79 Å². The first-order valence-electron chi connectivity index (χ1n) is 5.73. The van der Waals surface area contributed by atoms with Crippen LogP contribution in [0.25, 0.3) is 5.57 Å². The molecule has 0 saturated carbocycles. The standard InChI is InChI=1S/C15H13N3O/c1-11(15(16)19)12-7-9-14(10-8-12)18-17-13-5-3-2-4-6-13/h2-10H,1H2,(H2,16,19)/b18-17+. The van der Waals surface area contributed by atoms with Crippen LogP contribution in [0, 0.1) is 0 Å². The van der Waals surface area contributed by atoms with Crippen molar-refractivity contribution in [3.05, 3.63) is 66.7 Å². The molecule has 0 atom stereocenters. The van der Waals surface area contributed by atoms with E-state index in [2.05, 4.69) is 16.8 Å². The minimum Gasteiger partial charge on any atom is -0.366 e. The molecule has 0 unspecified atom stereocenters. The molecule has 19 heavy (non-hydrogen) atoms. The van der Waals surface area contributed by atoms with Crippen molar-refractivity contribution in [1.82, 2.24) is 0 Å². The summed E-state index contributed by atoms with van der Waals surface area (Å²) in [6.45, 7) is 3.62. The molecule has 0 spiro atoms. The Morgan fingerprint density at radius 3 is 1.95 bits per heavy atom. The summed E-state index contributed by atoms with van der Waals surface area (Å²) in [5, 5.41) is 8.20. The number of rotatable bonds is 4. The molecule has 0 aromatic heterocycles. The molecule has 0 bridgehead atoms. The molecule has 0 aliphatic heterocycles. The maximum absolute atomic E-state index is 11.0. The number of benzene rings is 2. The summed E-state index contributed by atoms with van der Waals surface area (Å²) in [5.41, 5.74) is 7.61. The predicted molar refractivity (Wildman–Crippen MR) is 75.3 cm³/mol. The molecule has 0 heterocycles. The van der Waals surface area contributed by atoms with Gasteiger partial charge < -0.3 is 5.73 Å². The zero-order valence-corrected chi connectivity index (χ0v) is 10.3. The zero-order valence-electron chi connectivity index (χ0n) is 10.3. The average Bonchev–Trinajstić information content (AvgIpc) is 2.46. The van der Waals surface area contributed by atoms with E-state index in [1.807, 2.05) is 30.3 Å². The van der Waals surface area contributed by atoms with Gasteiger partial charge in [-0.15, -0.1) is 0 Å². The molecule has 0 saturated heterocycles. The van der Waals surface area contributed by atoms with Gasteiger partial charge in [0.1, 0.15) is 0 Å². The second-order valence-corrected chi connectivity index (χ2v) is 3.93. The smallest absolute Gasteiger partial charge is 0.248 e. The Hall–Kier alpha value is -2.75. The summed E-state index contributed by atoms with van der Waals surface area (Å²) < 4.78 is 0. The number of amides is 1. The van der Waals surface area contributed by atoms with Crippen molar-refractivity contribution in [2.75, 3.05) is 0 Å². The summed E-state index contributed by atoms with van der Waals surface area (Å²) in [4.78, 5) is 11.0. The molecule has 4 nitrogen and oxygen atoms in total. The third kappa shape index (κ3) is 3.35. The van der Waals surface area contributed by atoms with E-state index in [1.165, 1.54) is 0 Å². The third-order valence-corrected chi connectivity index (χ3v) is 2.55. The Balaban J connectivity index is 2.13. The molecule has 2 N–H and O–H groups in total. The van der Waals surface area contributed by atoms with Crippen LogP contribution in [0.15, 0.2) is 71.4 Å². The van der Waals surface area contributed by atoms with E-state index in [9.17, 15) is 4.79 Å². The van der Waals surface area contributed by atoms with Gasteiger partial charge in [-0.05, 0) is 29.8 Å². The highest BCUT2D eigenvalue weighted by Gasteiger charge is 2.04. The van der Waals surface area contributed by atoms with Gasteiger partial charge in [0.05, 0.1) is 11.4 Å². The number of carbonyl (C=O) groups is 1. The Morgan fingerprint density at radius 1 is 0.895 bits per heavy atom. The van der Waals surface area contributed by atoms with Gasteiger partial charge in [-0.25, -0.2) is 0 Å². The van der Waals surface area contributed by atoms with Gasteiger partial charge in [0, 0.05) is 5.57 Å². The summed E-state index contributed by atoms with van der Waals surface area (Å²) in [6, 6.07) is 16.5. The fourth-order valence-electron chi connectivity index (χ4n) is 1.48. The van der Waals surface area contributed by atoms with E-state index >= 15 is 0 Å². The summed E-state index contributed by atoms with van der Waals surface area (Å²) in [5.74, 6) is -0.529. The lowest BCUT2D eigenvalue weighted by Gasteiger charge is -2.01. The van der Waals surface area contributed by atoms with E-state index in [4.69, 9.17) is 5.73 Å². The second kappa shape index (κ2) is 5.73. The molecule has 94 valence electrons. The fourth-order valence-corrected chi connectivity index (χ4v) is 1.48. The number of nitrogens with zero attached hydrogens (tertiary/aromatic N) is 2. The molecule has 1 amide bonds. The molecular formula is C15H13N3O. The summed E-state index contributed by atoms with van der Waals surface area (Å²) in [7, 11) is 0. The SMILES string of the molecule is C=C(C(N)=O)c1ccc(/N=N/c2ccccc2)cc1. The van der Waals surface area contributed by atoms with Crippen molar-refractivity contribution in [2.45, 2.75) is 0 Å². The van der Waals surface area contributed by atoms with Crippen LogP contribution in [-0.4, -0.2) is 5.91 Å². The molecular weight excluding hydrogens is 238 g/mol. The highest BCUT2D eigenvalue weighted by Crippen LogP contribution is 2.20. The normalized spacial score (nSPS) is 10.5. The van der Waals surface area contributed by atoms with Gasteiger partial charge in [-0.1, -0.05) is 36.9 Å².